The molecule has 3 rings (SSSR count). The van der Waals surface area contributed by atoms with E-state index in [2.05, 4.69) is 34.6 Å². The van der Waals surface area contributed by atoms with Crippen molar-refractivity contribution in [1.82, 2.24) is 25.5 Å². The van der Waals surface area contributed by atoms with E-state index in [1.807, 2.05) is 31.2 Å². The molecule has 0 aliphatic heterocycles. The molecule has 128 valence electrons. The summed E-state index contributed by atoms with van der Waals surface area (Å²) in [5, 5.41) is 15.6. The Balaban J connectivity index is 1.62. The summed E-state index contributed by atoms with van der Waals surface area (Å²) >= 11 is 0. The molecule has 0 spiro atoms. The minimum atomic E-state index is -0.0466. The van der Waals surface area contributed by atoms with Gasteiger partial charge in [-0.15, -0.1) is 10.2 Å². The fraction of sp³-hybridized carbons (Fsp3) is 0.556. The maximum atomic E-state index is 12.3. The van der Waals surface area contributed by atoms with E-state index in [0.717, 1.165) is 17.5 Å². The monoisotopic (exact) mass is 327 g/mol. The minimum Gasteiger partial charge on any atom is -0.351 e. The number of hydrogen-bond acceptors (Lipinski definition) is 4. The van der Waals surface area contributed by atoms with Gasteiger partial charge in [-0.2, -0.15) is 4.80 Å². The molecule has 1 aliphatic carbocycles. The van der Waals surface area contributed by atoms with Gasteiger partial charge in [-0.05, 0) is 36.0 Å². The number of nitrogens with one attached hydrogen (secondary N) is 1. The number of amides is 1. The first-order chi connectivity index (χ1) is 11.5. The third-order valence-corrected chi connectivity index (χ3v) is 5.18. The van der Waals surface area contributed by atoms with Crippen LogP contribution in [-0.2, 0) is 11.3 Å². The molecular formula is C18H25N5O. The van der Waals surface area contributed by atoms with Crippen molar-refractivity contribution in [2.75, 3.05) is 0 Å². The van der Waals surface area contributed by atoms with Crippen LogP contribution in [0, 0.1) is 18.8 Å². The molecule has 6 nitrogen and oxygen atoms in total. The lowest BCUT2D eigenvalue weighted by Crippen LogP contribution is -2.45. The first kappa shape index (κ1) is 16.6. The Morgan fingerprint density at radius 1 is 1.29 bits per heavy atom. The SMILES string of the molecule is Cc1ccccc1-c1nnn(CC(=O)N[C@@H]2CCC[C@@H](C)[C@H]2C)n1. The molecule has 24 heavy (non-hydrogen) atoms. The molecule has 1 heterocycles. The molecule has 0 unspecified atom stereocenters. The van der Waals surface area contributed by atoms with Gasteiger partial charge in [-0.1, -0.05) is 51.0 Å². The summed E-state index contributed by atoms with van der Waals surface area (Å²) in [6.45, 7) is 6.60. The maximum absolute atomic E-state index is 12.3. The van der Waals surface area contributed by atoms with Crippen LogP contribution >= 0.6 is 0 Å². The van der Waals surface area contributed by atoms with Gasteiger partial charge in [-0.3, -0.25) is 4.79 Å². The second kappa shape index (κ2) is 7.11. The van der Waals surface area contributed by atoms with Crippen LogP contribution in [0.1, 0.15) is 38.7 Å². The van der Waals surface area contributed by atoms with Crippen LogP contribution < -0.4 is 5.32 Å². The van der Waals surface area contributed by atoms with Gasteiger partial charge in [0.1, 0.15) is 6.54 Å². The van der Waals surface area contributed by atoms with E-state index in [0.29, 0.717) is 17.7 Å². The van der Waals surface area contributed by atoms with E-state index in [-0.39, 0.29) is 18.5 Å². The Morgan fingerprint density at radius 2 is 2.08 bits per heavy atom. The van der Waals surface area contributed by atoms with E-state index in [9.17, 15) is 4.79 Å². The molecule has 3 atom stereocenters. The smallest absolute Gasteiger partial charge is 0.243 e. The van der Waals surface area contributed by atoms with Gasteiger partial charge in [0.2, 0.25) is 11.7 Å². The number of aromatic nitrogens is 4. The van der Waals surface area contributed by atoms with Crippen LogP contribution in [0.15, 0.2) is 24.3 Å². The Hall–Kier alpha value is -2.24. The topological polar surface area (TPSA) is 72.7 Å². The predicted molar refractivity (Wildman–Crippen MR) is 92.1 cm³/mol. The zero-order valence-electron chi connectivity index (χ0n) is 14.6. The molecule has 0 bridgehead atoms. The predicted octanol–water partition coefficient (Wildman–Crippen LogP) is 2.59. The Labute approximate surface area is 142 Å². The highest BCUT2D eigenvalue weighted by Gasteiger charge is 2.28. The summed E-state index contributed by atoms with van der Waals surface area (Å²) in [5.41, 5.74) is 2.03. The standard InChI is InChI=1S/C18H25N5O/c1-12-8-6-10-16(14(12)3)19-17(24)11-23-21-18(20-22-23)15-9-5-4-7-13(15)2/h4-5,7,9,12,14,16H,6,8,10-11H2,1-3H3,(H,19,24)/t12-,14-,16-/m1/s1. The second-order valence-electron chi connectivity index (χ2n) is 6.90. The molecule has 1 N–H and O–H groups in total. The van der Waals surface area contributed by atoms with Crippen LogP contribution in [0.25, 0.3) is 11.4 Å². The van der Waals surface area contributed by atoms with Crippen molar-refractivity contribution >= 4 is 5.91 Å². The number of rotatable bonds is 4. The van der Waals surface area contributed by atoms with E-state index < -0.39 is 0 Å². The summed E-state index contributed by atoms with van der Waals surface area (Å²) < 4.78 is 0. The van der Waals surface area contributed by atoms with Crippen molar-refractivity contribution in [3.8, 4) is 11.4 Å². The maximum Gasteiger partial charge on any atom is 0.243 e. The van der Waals surface area contributed by atoms with Gasteiger partial charge in [0.25, 0.3) is 0 Å². The van der Waals surface area contributed by atoms with Crippen molar-refractivity contribution in [1.29, 1.82) is 0 Å². The minimum absolute atomic E-state index is 0.0466. The van der Waals surface area contributed by atoms with Gasteiger partial charge in [0, 0.05) is 11.6 Å². The van der Waals surface area contributed by atoms with E-state index in [1.54, 1.807) is 0 Å². The second-order valence-corrected chi connectivity index (χ2v) is 6.90. The van der Waals surface area contributed by atoms with Gasteiger partial charge < -0.3 is 5.32 Å². The number of benzene rings is 1. The average Bonchev–Trinajstić information content (AvgIpc) is 3.00. The van der Waals surface area contributed by atoms with Crippen molar-refractivity contribution in [2.24, 2.45) is 11.8 Å². The highest BCUT2D eigenvalue weighted by Crippen LogP contribution is 2.29. The van der Waals surface area contributed by atoms with E-state index in [1.165, 1.54) is 17.6 Å². The molecule has 0 saturated heterocycles. The number of carbonyl (C=O) groups is 1. The van der Waals surface area contributed by atoms with Crippen LogP contribution in [-0.4, -0.2) is 32.2 Å². The van der Waals surface area contributed by atoms with Crippen molar-refractivity contribution < 1.29 is 4.79 Å². The van der Waals surface area contributed by atoms with Crippen molar-refractivity contribution in [3.63, 3.8) is 0 Å². The molecule has 1 aromatic carbocycles. The lowest BCUT2D eigenvalue weighted by Gasteiger charge is -2.34. The van der Waals surface area contributed by atoms with Gasteiger partial charge in [0.15, 0.2) is 0 Å². The molecule has 1 saturated carbocycles. The third-order valence-electron chi connectivity index (χ3n) is 5.18. The first-order valence-electron chi connectivity index (χ1n) is 8.68. The quantitative estimate of drug-likeness (QED) is 0.937. The summed E-state index contributed by atoms with van der Waals surface area (Å²) in [6.07, 6.45) is 3.48. The lowest BCUT2D eigenvalue weighted by molar-refractivity contribution is -0.123. The summed E-state index contributed by atoms with van der Waals surface area (Å²) in [4.78, 5) is 13.7. The fourth-order valence-corrected chi connectivity index (χ4v) is 3.41. The van der Waals surface area contributed by atoms with E-state index >= 15 is 0 Å². The number of hydrogen-bond donors (Lipinski definition) is 1. The largest absolute Gasteiger partial charge is 0.351 e. The Morgan fingerprint density at radius 3 is 2.88 bits per heavy atom. The van der Waals surface area contributed by atoms with Gasteiger partial charge >= 0.3 is 0 Å². The zero-order chi connectivity index (χ0) is 17.1. The molecule has 1 fully saturated rings. The summed E-state index contributed by atoms with van der Waals surface area (Å²) in [5.74, 6) is 1.67. The fourth-order valence-electron chi connectivity index (χ4n) is 3.41. The van der Waals surface area contributed by atoms with Crippen molar-refractivity contribution in [2.45, 2.75) is 52.6 Å². The van der Waals surface area contributed by atoms with Crippen LogP contribution in [0.4, 0.5) is 0 Å². The molecular weight excluding hydrogens is 302 g/mol. The molecule has 1 aromatic heterocycles. The number of nitrogens with zero attached hydrogens (tertiary/aromatic N) is 4. The normalized spacial score (nSPS) is 23.9. The lowest BCUT2D eigenvalue weighted by atomic mass is 9.78. The van der Waals surface area contributed by atoms with E-state index in [4.69, 9.17) is 0 Å². The molecule has 6 heteroatoms. The molecule has 2 aromatic rings. The Kier molecular flexibility index (Phi) is 4.92. The molecule has 0 radical (unpaired) electrons. The van der Waals surface area contributed by atoms with Crippen molar-refractivity contribution in [3.05, 3.63) is 29.8 Å². The first-order valence-corrected chi connectivity index (χ1v) is 8.68. The van der Waals surface area contributed by atoms with Crippen LogP contribution in [0.3, 0.4) is 0 Å². The average molecular weight is 327 g/mol. The highest BCUT2D eigenvalue weighted by atomic mass is 16.2. The summed E-state index contributed by atoms with van der Waals surface area (Å²) in [7, 11) is 0. The molecule has 1 aliphatic rings. The van der Waals surface area contributed by atoms with Crippen LogP contribution in [0.2, 0.25) is 0 Å². The molecule has 1 amide bonds. The highest BCUT2D eigenvalue weighted by molar-refractivity contribution is 5.75. The van der Waals surface area contributed by atoms with Gasteiger partial charge in [0.05, 0.1) is 0 Å². The summed E-state index contributed by atoms with van der Waals surface area (Å²) in [6, 6.07) is 8.14. The van der Waals surface area contributed by atoms with Gasteiger partial charge in [-0.25, -0.2) is 0 Å². The number of tetrazole rings is 1. The zero-order valence-corrected chi connectivity index (χ0v) is 14.6. The third kappa shape index (κ3) is 3.63. The number of carbonyl (C=O) groups excluding carboxylic acids is 1. The Bertz CT molecular complexity index is 711. The number of aryl methyl sites for hydroxylation is 1. The van der Waals surface area contributed by atoms with Crippen LogP contribution in [0.5, 0.6) is 0 Å².